The lowest BCUT2D eigenvalue weighted by Crippen LogP contribution is -2.47. The fourth-order valence-electron chi connectivity index (χ4n) is 0.754. The number of Topliss-reactive ketones (excluding diaryl/α,β-unsaturated/α-hetero) is 1. The summed E-state index contributed by atoms with van der Waals surface area (Å²) in [6.45, 7) is -1.70. The van der Waals surface area contributed by atoms with Gasteiger partial charge in [-0.2, -0.15) is 0 Å². The number of ketones is 1. The first-order valence-corrected chi connectivity index (χ1v) is 3.93. The van der Waals surface area contributed by atoms with Gasteiger partial charge in [0.25, 0.3) is 0 Å². The van der Waals surface area contributed by atoms with Gasteiger partial charge >= 0.3 is 0 Å². The van der Waals surface area contributed by atoms with Crippen molar-refractivity contribution < 1.29 is 35.4 Å². The zero-order valence-corrected chi connectivity index (χ0v) is 7.32. The van der Waals surface area contributed by atoms with Crippen LogP contribution in [0.15, 0.2) is 0 Å². The Morgan fingerprint density at radius 1 is 0.857 bits per heavy atom. The van der Waals surface area contributed by atoms with Crippen LogP contribution in [-0.2, 0) is 4.79 Å². The zero-order chi connectivity index (χ0) is 11.3. The molecule has 0 saturated heterocycles. The van der Waals surface area contributed by atoms with Crippen molar-refractivity contribution in [1.82, 2.24) is 0 Å². The van der Waals surface area contributed by atoms with Gasteiger partial charge in [-0.1, -0.05) is 0 Å². The van der Waals surface area contributed by atoms with E-state index in [0.717, 1.165) is 0 Å². The van der Waals surface area contributed by atoms with E-state index < -0.39 is 43.4 Å². The molecule has 0 spiro atoms. The molecule has 6 N–H and O–H groups in total. The average molecular weight is 210 g/mol. The summed E-state index contributed by atoms with van der Waals surface area (Å²) in [6.07, 6.45) is -7.42. The third-order valence-corrected chi connectivity index (χ3v) is 1.69. The number of hydrogen-bond donors (Lipinski definition) is 6. The van der Waals surface area contributed by atoms with Crippen LogP contribution in [0.5, 0.6) is 0 Å². The van der Waals surface area contributed by atoms with Gasteiger partial charge < -0.3 is 30.6 Å². The quantitative estimate of drug-likeness (QED) is 0.262. The van der Waals surface area contributed by atoms with Gasteiger partial charge in [0, 0.05) is 0 Å². The van der Waals surface area contributed by atoms with Crippen molar-refractivity contribution in [2.75, 3.05) is 13.2 Å². The van der Waals surface area contributed by atoms with Crippen LogP contribution in [-0.4, -0.2) is 74.1 Å². The SMILES string of the molecule is O=C([C@H](O)[C@H](O)CO)[C@H](O)[C@@H](O)CO. The zero-order valence-electron chi connectivity index (χ0n) is 7.32. The van der Waals surface area contributed by atoms with Crippen molar-refractivity contribution in [3.63, 3.8) is 0 Å². The van der Waals surface area contributed by atoms with Gasteiger partial charge in [0.05, 0.1) is 13.2 Å². The Kier molecular flexibility index (Phi) is 5.77. The number of rotatable bonds is 6. The van der Waals surface area contributed by atoms with E-state index in [1.807, 2.05) is 0 Å². The molecule has 0 aromatic heterocycles. The normalized spacial score (nSPS) is 19.9. The first kappa shape index (κ1) is 13.4. The van der Waals surface area contributed by atoms with E-state index >= 15 is 0 Å². The predicted octanol–water partition coefficient (Wildman–Crippen LogP) is -4.02. The highest BCUT2D eigenvalue weighted by atomic mass is 16.4. The van der Waals surface area contributed by atoms with Crippen LogP contribution < -0.4 is 0 Å². The molecule has 7 heteroatoms. The molecule has 0 heterocycles. The van der Waals surface area contributed by atoms with Gasteiger partial charge in [0.15, 0.2) is 5.78 Å². The first-order valence-electron chi connectivity index (χ1n) is 3.93. The van der Waals surface area contributed by atoms with E-state index in [4.69, 9.17) is 30.6 Å². The summed E-state index contributed by atoms with van der Waals surface area (Å²) in [6, 6.07) is 0. The van der Waals surface area contributed by atoms with Crippen molar-refractivity contribution >= 4 is 5.78 Å². The van der Waals surface area contributed by atoms with Crippen LogP contribution in [0.4, 0.5) is 0 Å². The Labute approximate surface area is 79.9 Å². The summed E-state index contributed by atoms with van der Waals surface area (Å²) in [4.78, 5) is 11.0. The highest BCUT2D eigenvalue weighted by Gasteiger charge is 2.32. The van der Waals surface area contributed by atoms with E-state index in [0.29, 0.717) is 0 Å². The molecule has 0 bridgehead atoms. The third-order valence-electron chi connectivity index (χ3n) is 1.69. The van der Waals surface area contributed by atoms with Crippen molar-refractivity contribution in [1.29, 1.82) is 0 Å². The first-order chi connectivity index (χ1) is 6.45. The maximum atomic E-state index is 11.0. The number of aliphatic hydroxyl groups excluding tert-OH is 6. The Hall–Kier alpha value is -0.570. The number of hydrogen-bond acceptors (Lipinski definition) is 7. The largest absolute Gasteiger partial charge is 0.394 e. The molecule has 0 saturated carbocycles. The second-order valence-electron chi connectivity index (χ2n) is 2.79. The Bertz CT molecular complexity index is 165. The van der Waals surface area contributed by atoms with Crippen LogP contribution >= 0.6 is 0 Å². The maximum Gasteiger partial charge on any atom is 0.195 e. The molecule has 0 aromatic rings. The Morgan fingerprint density at radius 3 is 1.36 bits per heavy atom. The lowest BCUT2D eigenvalue weighted by atomic mass is 10.0. The molecule has 0 amide bonds. The average Bonchev–Trinajstić information content (AvgIpc) is 2.23. The molecular formula is C7H14O7. The minimum Gasteiger partial charge on any atom is -0.394 e. The van der Waals surface area contributed by atoms with Gasteiger partial charge in [-0.3, -0.25) is 4.79 Å². The van der Waals surface area contributed by atoms with Crippen LogP contribution in [0, 0.1) is 0 Å². The Balaban J connectivity index is 4.31. The summed E-state index contributed by atoms with van der Waals surface area (Å²) in [5.41, 5.74) is 0. The van der Waals surface area contributed by atoms with Gasteiger partial charge in [-0.15, -0.1) is 0 Å². The topological polar surface area (TPSA) is 138 Å². The lowest BCUT2D eigenvalue weighted by molar-refractivity contribution is -0.150. The number of carbonyl (C=O) groups excluding carboxylic acids is 1. The lowest BCUT2D eigenvalue weighted by Gasteiger charge is -2.20. The molecule has 0 aromatic carbocycles. The maximum absolute atomic E-state index is 11.0. The monoisotopic (exact) mass is 210 g/mol. The summed E-state index contributed by atoms with van der Waals surface area (Å²) in [5.74, 6) is -1.26. The second-order valence-corrected chi connectivity index (χ2v) is 2.79. The summed E-state index contributed by atoms with van der Waals surface area (Å²) in [7, 11) is 0. The molecule has 0 radical (unpaired) electrons. The number of aliphatic hydroxyl groups is 6. The van der Waals surface area contributed by atoms with E-state index in [9.17, 15) is 4.79 Å². The van der Waals surface area contributed by atoms with Crippen molar-refractivity contribution in [2.24, 2.45) is 0 Å². The molecule has 0 fully saturated rings. The molecule has 4 atom stereocenters. The van der Waals surface area contributed by atoms with Gasteiger partial charge in [-0.05, 0) is 0 Å². The van der Waals surface area contributed by atoms with E-state index in [2.05, 4.69) is 0 Å². The smallest absolute Gasteiger partial charge is 0.195 e. The molecule has 0 unspecified atom stereocenters. The highest BCUT2D eigenvalue weighted by Crippen LogP contribution is 2.02. The van der Waals surface area contributed by atoms with E-state index in [-0.39, 0.29) is 0 Å². The molecule has 0 rings (SSSR count). The van der Waals surface area contributed by atoms with Gasteiger partial charge in [0.2, 0.25) is 0 Å². The number of carbonyl (C=O) groups is 1. The molecule has 14 heavy (non-hydrogen) atoms. The summed E-state index contributed by atoms with van der Waals surface area (Å²) < 4.78 is 0. The fraction of sp³-hybridized carbons (Fsp3) is 0.857. The van der Waals surface area contributed by atoms with Crippen LogP contribution in [0.25, 0.3) is 0 Å². The molecule has 84 valence electrons. The third kappa shape index (κ3) is 3.29. The van der Waals surface area contributed by atoms with Crippen LogP contribution in [0.1, 0.15) is 0 Å². The Morgan fingerprint density at radius 2 is 1.14 bits per heavy atom. The standard InChI is InChI=1S/C7H14O7/c8-1-3(10)5(12)7(14)6(13)4(11)2-9/h3-6,8-13H,1-2H2/t3-,4+,5-,6-/m1/s1. The van der Waals surface area contributed by atoms with Crippen molar-refractivity contribution in [3.8, 4) is 0 Å². The van der Waals surface area contributed by atoms with E-state index in [1.54, 1.807) is 0 Å². The second kappa shape index (κ2) is 6.02. The minimum atomic E-state index is -1.99. The summed E-state index contributed by atoms with van der Waals surface area (Å²) in [5, 5.41) is 52.4. The molecule has 7 nitrogen and oxygen atoms in total. The fourth-order valence-corrected chi connectivity index (χ4v) is 0.754. The molecule has 0 aliphatic rings. The van der Waals surface area contributed by atoms with Crippen LogP contribution in [0.2, 0.25) is 0 Å². The highest BCUT2D eigenvalue weighted by molar-refractivity contribution is 5.88. The van der Waals surface area contributed by atoms with E-state index in [1.165, 1.54) is 0 Å². The summed E-state index contributed by atoms with van der Waals surface area (Å²) >= 11 is 0. The van der Waals surface area contributed by atoms with Crippen molar-refractivity contribution in [2.45, 2.75) is 24.4 Å². The van der Waals surface area contributed by atoms with Crippen LogP contribution in [0.3, 0.4) is 0 Å². The predicted molar refractivity (Wildman–Crippen MR) is 43.2 cm³/mol. The van der Waals surface area contributed by atoms with Crippen molar-refractivity contribution in [3.05, 3.63) is 0 Å². The minimum absolute atomic E-state index is 0.852. The molecular weight excluding hydrogens is 196 g/mol. The van der Waals surface area contributed by atoms with Gasteiger partial charge in [-0.25, -0.2) is 0 Å². The van der Waals surface area contributed by atoms with Gasteiger partial charge in [0.1, 0.15) is 24.4 Å². The molecule has 0 aliphatic heterocycles. The molecule has 0 aliphatic carbocycles.